The number of anilines is 1. The van der Waals surface area contributed by atoms with Gasteiger partial charge in [-0.1, -0.05) is 43.3 Å². The number of carbonyl (C=O) groups excluding carboxylic acids is 7. The Balaban J connectivity index is 1.44. The summed E-state index contributed by atoms with van der Waals surface area (Å²) in [6.45, 7) is -2.13. The number of phenolic OH excluding ortho intramolecular Hbond substituents is 1. The molecule has 7 amide bonds. The van der Waals surface area contributed by atoms with Crippen LogP contribution in [0.1, 0.15) is 24.0 Å². The van der Waals surface area contributed by atoms with E-state index in [9.17, 15) is 74.4 Å². The Morgan fingerprint density at radius 2 is 1.44 bits per heavy atom. The number of hydrogen-bond acceptors (Lipinski definition) is 22. The number of rotatable bonds is 13. The lowest BCUT2D eigenvalue weighted by Crippen LogP contribution is -2.70. The Labute approximate surface area is 410 Å². The maximum atomic E-state index is 14.8. The molecule has 2 saturated heterocycles. The molecule has 4 heterocycles. The number of hydrogen-bond donors (Lipinski definition) is 18. The summed E-state index contributed by atoms with van der Waals surface area (Å²) in [4.78, 5) is 106. The molecule has 15 atom stereocenters. The molecule has 0 spiro atoms. The molecule has 5 unspecified atom stereocenters. The van der Waals surface area contributed by atoms with Gasteiger partial charge in [0.15, 0.2) is 19.6 Å². The topological polar surface area (TPSA) is 467 Å². The third kappa shape index (κ3) is 12.3. The van der Waals surface area contributed by atoms with Gasteiger partial charge in [0.1, 0.15) is 72.6 Å². The highest BCUT2D eigenvalue weighted by atomic mass is 16.6. The lowest BCUT2D eigenvalue weighted by Gasteiger charge is -2.46. The molecule has 392 valence electrons. The Kier molecular flexibility index (Phi) is 17.4. The van der Waals surface area contributed by atoms with Gasteiger partial charge in [-0.05, 0) is 23.3 Å². The van der Waals surface area contributed by atoms with E-state index in [1.165, 1.54) is 6.07 Å². The van der Waals surface area contributed by atoms with Crippen LogP contribution in [-0.4, -0.2) is 218 Å². The van der Waals surface area contributed by atoms with Crippen molar-refractivity contribution in [2.24, 2.45) is 21.5 Å². The molecule has 4 aliphatic heterocycles. The number of guanidine groups is 2. The number of ether oxygens (including phenoxy) is 1. The van der Waals surface area contributed by atoms with Crippen LogP contribution in [0.3, 0.4) is 0 Å². The van der Waals surface area contributed by atoms with Gasteiger partial charge >= 0.3 is 0 Å². The highest BCUT2D eigenvalue weighted by Gasteiger charge is 2.52. The molecule has 0 bridgehead atoms. The zero-order valence-electron chi connectivity index (χ0n) is 39.4. The smallest absolute Gasteiger partial charge is 0.246 e. The zero-order valence-corrected chi connectivity index (χ0v) is 38.4. The first kappa shape index (κ1) is 52.6. The minimum absolute atomic E-state index is 0.0681. The fourth-order valence-electron chi connectivity index (χ4n) is 8.56. The minimum Gasteiger partial charge on any atom is -0.506 e. The Hall–Kier alpha value is -7.25. The van der Waals surface area contributed by atoms with E-state index in [0.717, 1.165) is 17.0 Å². The van der Waals surface area contributed by atoms with Crippen LogP contribution in [0.5, 0.6) is 5.75 Å². The number of aliphatic hydroxyl groups is 7. The van der Waals surface area contributed by atoms with Crippen molar-refractivity contribution in [1.29, 1.82) is 0 Å². The molecular formula is C43H59N13O16. The van der Waals surface area contributed by atoms with Crippen molar-refractivity contribution in [1.82, 2.24) is 42.1 Å². The number of nitrogens with zero attached hydrogens (tertiary/aromatic N) is 3. The molecule has 0 aliphatic carbocycles. The number of carbonyl (C=O) groups is 7. The van der Waals surface area contributed by atoms with Crippen LogP contribution < -0.4 is 54.0 Å². The lowest BCUT2D eigenvalue weighted by molar-refractivity contribution is -0.260. The predicted octanol–water partition coefficient (Wildman–Crippen LogP) is -9.34. The van der Waals surface area contributed by atoms with Crippen molar-refractivity contribution in [3.05, 3.63) is 59.7 Å². The van der Waals surface area contributed by atoms with Crippen LogP contribution in [0.25, 0.3) is 0 Å². The van der Waals surface area contributed by atoms with Gasteiger partial charge in [-0.2, -0.15) is 0 Å². The minimum atomic E-state index is -2.31. The Morgan fingerprint density at radius 1 is 0.792 bits per heavy atom. The average Bonchev–Trinajstić information content (AvgIpc) is 4.00. The quantitative estimate of drug-likeness (QED) is 0.0654. The molecular weight excluding hydrogens is 955 g/mol. The molecule has 6 rings (SSSR count). The van der Waals surface area contributed by atoms with E-state index >= 15 is 0 Å². The van der Waals surface area contributed by atoms with Crippen LogP contribution in [0.4, 0.5) is 5.69 Å². The molecule has 2 aromatic rings. The Bertz CT molecular complexity index is 2420. The van der Waals surface area contributed by atoms with E-state index in [0.29, 0.717) is 5.56 Å². The third-order valence-corrected chi connectivity index (χ3v) is 12.6. The largest absolute Gasteiger partial charge is 0.506 e. The van der Waals surface area contributed by atoms with Crippen molar-refractivity contribution in [2.75, 3.05) is 38.2 Å². The highest BCUT2D eigenvalue weighted by Crippen LogP contribution is 2.29. The molecule has 0 saturated carbocycles. The summed E-state index contributed by atoms with van der Waals surface area (Å²) < 4.78 is 13.6. The van der Waals surface area contributed by atoms with Crippen LogP contribution in [0, 0.1) is 0 Å². The first-order valence-electron chi connectivity index (χ1n) is 22.9. The van der Waals surface area contributed by atoms with E-state index in [4.69, 9.17) is 17.6 Å². The fraction of sp³-hybridized carbons (Fsp3) is 0.512. The van der Waals surface area contributed by atoms with Crippen molar-refractivity contribution < 1.29 is 80.6 Å². The highest BCUT2D eigenvalue weighted by molar-refractivity contribution is 5.98. The van der Waals surface area contributed by atoms with Gasteiger partial charge in [-0.25, -0.2) is 0 Å². The summed E-state index contributed by atoms with van der Waals surface area (Å²) in [6.07, 6.45) is -13.9. The molecule has 2 fully saturated rings. The fourth-order valence-corrected chi connectivity index (χ4v) is 8.56. The van der Waals surface area contributed by atoms with E-state index in [1.54, 1.807) is 37.3 Å². The number of phenols is 1. The molecule has 0 aromatic heterocycles. The molecule has 2 aromatic carbocycles. The molecule has 29 heteroatoms. The lowest BCUT2D eigenvalue weighted by atomic mass is 9.92. The zero-order chi connectivity index (χ0) is 53.4. The second-order valence-electron chi connectivity index (χ2n) is 17.4. The number of nitrogens with two attached hydrogens (primary N) is 2. The van der Waals surface area contributed by atoms with Gasteiger partial charge in [-0.3, -0.25) is 43.5 Å². The number of aliphatic imine (C=N–C) groups is 2. The van der Waals surface area contributed by atoms with Crippen molar-refractivity contribution in [3.8, 4) is 5.75 Å². The number of aliphatic hydroxyl groups excluding tert-OH is 7. The van der Waals surface area contributed by atoms with Gasteiger partial charge in [0.25, 0.3) is 0 Å². The van der Waals surface area contributed by atoms with Crippen LogP contribution in [0.2, 0.25) is 1.41 Å². The van der Waals surface area contributed by atoms with Gasteiger partial charge in [0.2, 0.25) is 41.9 Å². The number of amides is 7. The van der Waals surface area contributed by atoms with Gasteiger partial charge in [0, 0.05) is 12.3 Å². The summed E-state index contributed by atoms with van der Waals surface area (Å²) in [6, 6.07) is -0.714. The van der Waals surface area contributed by atoms with Gasteiger partial charge in [-0.15, -0.1) is 0 Å². The Morgan fingerprint density at radius 3 is 2.10 bits per heavy atom. The molecule has 20 N–H and O–H groups in total. The summed E-state index contributed by atoms with van der Waals surface area (Å²) in [7, 11) is 0. The number of aromatic hydroxyl groups is 1. The summed E-state index contributed by atoms with van der Waals surface area (Å²) in [5.41, 5.74) is 12.3. The molecule has 72 heavy (non-hydrogen) atoms. The van der Waals surface area contributed by atoms with E-state index in [2.05, 4.69) is 47.2 Å². The first-order chi connectivity index (χ1) is 34.7. The molecule has 29 nitrogen and oxygen atoms in total. The monoisotopic (exact) mass is 1010 g/mol. The summed E-state index contributed by atoms with van der Waals surface area (Å²) in [5, 5.41) is 104. The summed E-state index contributed by atoms with van der Waals surface area (Å²) in [5.74, 6) is -9.25. The number of benzene rings is 2. The standard InChI is InChI=1S/C43H59N13O16/c1-17(19-5-3-2-4-6-19)28-38(69)50-21(10-18-7-8-25(60)20(9-18)49-16-59)37(68)54-29(31(62)22-11-47-42(44)52-22)40(71)55-30(39(70)51-23(14-57)36(67)46-13-27(61)53-28)32(63)24-12-48-43(45)56(24)41-35(66)34(65)33(64)26(15-58)72-41/h2-9,16-17,21-24,26,28-35,41,57-58,60,62-66H,10-15H2,1H3,(H2,45,48)(H,46,67)(H,49,59)(H,50,69)(H,51,70)(H,53,61)(H,54,68)(H,55,71)(H3,44,47,52)/t17?,21-,22?,23-,24?,26+,28-,29-,30+,31?,32?,33+,34-,35-,41-/m0/s1/i/hD. The second-order valence-corrected chi connectivity index (χ2v) is 17.4. The van der Waals surface area contributed by atoms with Gasteiger partial charge in [0.05, 0.1) is 50.6 Å². The maximum Gasteiger partial charge on any atom is 0.246 e. The third-order valence-electron chi connectivity index (χ3n) is 12.6. The maximum absolute atomic E-state index is 14.8. The summed E-state index contributed by atoms with van der Waals surface area (Å²) >= 11 is 0. The molecule has 0 radical (unpaired) electrons. The van der Waals surface area contributed by atoms with E-state index in [-0.39, 0.29) is 35.5 Å². The van der Waals surface area contributed by atoms with Crippen molar-refractivity contribution in [3.63, 3.8) is 0 Å². The van der Waals surface area contributed by atoms with Crippen LogP contribution in [-0.2, 0) is 44.7 Å². The predicted molar refractivity (Wildman–Crippen MR) is 247 cm³/mol. The number of nitrogens with one attached hydrogen (secondary N) is 8. The first-order valence-corrected chi connectivity index (χ1v) is 22.5. The normalized spacial score (nSPS) is 31.5. The van der Waals surface area contributed by atoms with Crippen molar-refractivity contribution in [2.45, 2.75) is 104 Å². The molecule has 4 aliphatic rings. The second kappa shape index (κ2) is 23.8. The SMILES string of the molecule is [2H]N(C=O)c1cc(C[C@@H]2NC(=O)[C@H](C(C)c3ccccc3)NC(=O)CNC(=O)[C@H](CO)NC(=O)[C@@H](C(O)C3CN=C(N)N3[C@H]3O[C@H](CO)[C@@H](O)[C@H](O)[C@@H]3O)NC(=O)[C@H](C(O)C3CN=C(N)N3)NC2=O)ccc1O. The van der Waals surface area contributed by atoms with Gasteiger partial charge < -0.3 is 104 Å². The van der Waals surface area contributed by atoms with E-state index in [1.807, 2.05) is 0 Å². The van der Waals surface area contributed by atoms with Crippen LogP contribution in [0.15, 0.2) is 58.5 Å². The van der Waals surface area contributed by atoms with Crippen molar-refractivity contribution >= 4 is 59.5 Å². The average molecular weight is 1020 g/mol. The van der Waals surface area contributed by atoms with Crippen LogP contribution >= 0.6 is 0 Å². The van der Waals surface area contributed by atoms with E-state index < -0.39 is 171 Å².